The van der Waals surface area contributed by atoms with E-state index in [1.54, 1.807) is 0 Å². The van der Waals surface area contributed by atoms with E-state index in [0.29, 0.717) is 5.54 Å². The Balaban J connectivity index is 0.000000133. The summed E-state index contributed by atoms with van der Waals surface area (Å²) in [6.07, 6.45) is 7.34. The largest absolute Gasteiger partial charge is 0.182 e. The summed E-state index contributed by atoms with van der Waals surface area (Å²) < 4.78 is 8.03. The van der Waals surface area contributed by atoms with Crippen molar-refractivity contribution in [3.8, 4) is 0 Å². The summed E-state index contributed by atoms with van der Waals surface area (Å²) >= 11 is 7.22. The number of rotatable bonds is 1. The van der Waals surface area contributed by atoms with Gasteiger partial charge < -0.3 is 0 Å². The second-order valence-electron chi connectivity index (χ2n) is 6.45. The van der Waals surface area contributed by atoms with Crippen LogP contribution in [0.3, 0.4) is 0 Å². The van der Waals surface area contributed by atoms with Crippen LogP contribution >= 0.6 is 45.7 Å². The molecule has 1 aromatic heterocycles. The maximum absolute atomic E-state index is 2.44. The zero-order chi connectivity index (χ0) is 15.9. The van der Waals surface area contributed by atoms with Crippen LogP contribution in [0.2, 0.25) is 0 Å². The quantitative estimate of drug-likeness (QED) is 0.304. The normalized spacial score (nSPS) is 26.6. The molecule has 3 nitrogen and oxygen atoms in total. The Morgan fingerprint density at radius 3 is 1.91 bits per heavy atom. The summed E-state index contributed by atoms with van der Waals surface area (Å²) in [6.45, 7) is 0. The third-order valence-corrected chi connectivity index (χ3v) is 8.75. The number of hydrogen-bond acceptors (Lipinski definition) is 1. The summed E-state index contributed by atoms with van der Waals surface area (Å²) in [7, 11) is 4.18. The van der Waals surface area contributed by atoms with Crippen LogP contribution in [0.4, 0.5) is 0 Å². The molecule has 2 saturated carbocycles. The van der Waals surface area contributed by atoms with Crippen LogP contribution in [0.15, 0.2) is 24.3 Å². The molecule has 0 N–H and O–H groups in total. The van der Waals surface area contributed by atoms with E-state index in [0.717, 1.165) is 5.92 Å². The number of aryl methyl sites for hydroxylation is 2. The molecule has 0 aliphatic heterocycles. The van der Waals surface area contributed by atoms with Gasteiger partial charge in [-0.05, 0) is 38.0 Å². The van der Waals surface area contributed by atoms with Crippen molar-refractivity contribution >= 4 is 56.8 Å². The van der Waals surface area contributed by atoms with E-state index in [2.05, 4.69) is 114 Å². The van der Waals surface area contributed by atoms with E-state index in [-0.39, 0.29) is 0 Å². The van der Waals surface area contributed by atoms with E-state index in [4.69, 9.17) is 0 Å². The smallest absolute Gasteiger partial charge is 0.0411 e. The molecule has 2 fully saturated rings. The van der Waals surface area contributed by atoms with Gasteiger partial charge in [0.15, 0.2) is 0 Å². The van der Waals surface area contributed by atoms with Gasteiger partial charge in [0, 0.05) is 51.3 Å². The van der Waals surface area contributed by atoms with Gasteiger partial charge in [-0.15, -0.1) is 0 Å². The van der Waals surface area contributed by atoms with Crippen LogP contribution in [-0.4, -0.2) is 16.0 Å². The molecule has 22 heavy (non-hydrogen) atoms. The molecule has 0 atom stereocenters. The molecule has 0 saturated heterocycles. The van der Waals surface area contributed by atoms with Crippen molar-refractivity contribution in [1.82, 2.24) is 10.5 Å². The number of benzene rings is 1. The van der Waals surface area contributed by atoms with E-state index < -0.39 is 0 Å². The van der Waals surface area contributed by atoms with Crippen molar-refractivity contribution in [2.24, 2.45) is 20.0 Å². The second-order valence-corrected chi connectivity index (χ2v) is 11.2. The van der Waals surface area contributed by atoms with E-state index in [1.807, 2.05) is 0 Å². The Labute approximate surface area is 170 Å². The van der Waals surface area contributed by atoms with Gasteiger partial charge >= 0.3 is 81.7 Å². The molecule has 2 bridgehead atoms. The van der Waals surface area contributed by atoms with E-state index in [1.165, 1.54) is 46.9 Å². The van der Waals surface area contributed by atoms with Crippen LogP contribution in [0.25, 0.3) is 11.0 Å². The van der Waals surface area contributed by atoms with Gasteiger partial charge in [0.25, 0.3) is 0 Å². The summed E-state index contributed by atoms with van der Waals surface area (Å²) in [6, 6.07) is 8.41. The standard InChI is InChI=1S/C9H10N2.C7H11I2N.Pt/c1-10-7-11(2)9-6-4-3-5-8(9)10;8-10(9)7-3-1-6(5-7)2-4-7;/h3-6H,1-2H3;6H,1-5H2;. The van der Waals surface area contributed by atoms with Gasteiger partial charge in [-0.1, -0.05) is 0 Å². The second kappa shape index (κ2) is 6.96. The van der Waals surface area contributed by atoms with E-state index in [9.17, 15) is 0 Å². The Bertz CT molecular complexity index is 685. The monoisotopic (exact) mass is 704 g/mol. The number of fused-ring (bicyclic) bond motifs is 3. The number of imidazole rings is 1. The fourth-order valence-electron chi connectivity index (χ4n) is 3.84. The van der Waals surface area contributed by atoms with Crippen molar-refractivity contribution in [3.63, 3.8) is 0 Å². The molecule has 2 aliphatic rings. The third-order valence-electron chi connectivity index (χ3n) is 5.18. The van der Waals surface area contributed by atoms with Crippen molar-refractivity contribution in [1.29, 1.82) is 0 Å². The molecular weight excluding hydrogens is 683 g/mol. The number of aromatic nitrogens is 2. The minimum absolute atomic E-state index is 0.617. The van der Waals surface area contributed by atoms with Crippen molar-refractivity contribution < 1.29 is 19.4 Å². The Morgan fingerprint density at radius 2 is 1.59 bits per heavy atom. The molecule has 6 heteroatoms. The van der Waals surface area contributed by atoms with Crippen molar-refractivity contribution in [2.75, 3.05) is 0 Å². The minimum atomic E-state index is 0.617. The predicted molar refractivity (Wildman–Crippen MR) is 104 cm³/mol. The number of para-hydroxylation sites is 2. The number of nitrogens with zero attached hydrogens (tertiary/aromatic N) is 3. The first kappa shape index (κ1) is 17.6. The van der Waals surface area contributed by atoms with Gasteiger partial charge in [0.05, 0.1) is 0 Å². The Hall–Kier alpha value is 0.798. The topological polar surface area (TPSA) is 13.1 Å². The fourth-order valence-corrected chi connectivity index (χ4v) is 5.75. The van der Waals surface area contributed by atoms with Gasteiger partial charge in [-0.2, -0.15) is 1.33 Å². The Kier molecular flexibility index (Phi) is 5.58. The maximum Gasteiger partial charge on any atom is 0.0411 e. The summed E-state index contributed by atoms with van der Waals surface area (Å²) in [5.41, 5.74) is 3.18. The van der Waals surface area contributed by atoms with Crippen molar-refractivity contribution in [2.45, 2.75) is 37.6 Å². The molecule has 0 unspecified atom stereocenters. The average Bonchev–Trinajstić information content (AvgIpc) is 3.20. The first-order chi connectivity index (χ1) is 10.4. The maximum atomic E-state index is 2.44. The van der Waals surface area contributed by atoms with Gasteiger partial charge in [-0.3, -0.25) is 0 Å². The van der Waals surface area contributed by atoms with Crippen LogP contribution < -0.4 is 0 Å². The first-order valence-electron chi connectivity index (χ1n) is 7.62. The Morgan fingerprint density at radius 1 is 1.09 bits per heavy atom. The van der Waals surface area contributed by atoms with Gasteiger partial charge in [0.2, 0.25) is 0 Å². The number of halogens is 2. The van der Waals surface area contributed by atoms with Crippen LogP contribution in [0.1, 0.15) is 32.1 Å². The molecule has 0 radical (unpaired) electrons. The SMILES string of the molecule is Cn1[c](=[Pt])n(C)c2ccccc21.IN(I)C12CCC(CC1)C2. The van der Waals surface area contributed by atoms with Gasteiger partial charge in [0.1, 0.15) is 0 Å². The fraction of sp³-hybridized carbons (Fsp3) is 0.562. The molecule has 1 heterocycles. The molecule has 1 aromatic carbocycles. The molecule has 0 amide bonds. The molecule has 124 valence electrons. The molecule has 0 spiro atoms. The summed E-state index contributed by atoms with van der Waals surface area (Å²) in [5.74, 6) is 1.08. The molecule has 2 aromatic rings. The molecule has 2 aliphatic carbocycles. The first-order valence-corrected chi connectivity index (χ1v) is 10.7. The zero-order valence-corrected chi connectivity index (χ0v) is 19.4. The van der Waals surface area contributed by atoms with Crippen LogP contribution in [0, 0.1) is 9.72 Å². The predicted octanol–water partition coefficient (Wildman–Crippen LogP) is 4.92. The minimum Gasteiger partial charge on any atom is -0.182 e. The van der Waals surface area contributed by atoms with Crippen molar-refractivity contribution in [3.05, 3.63) is 28.1 Å². The molecular formula is C16H21I2N3Pt. The zero-order valence-electron chi connectivity index (χ0n) is 12.8. The van der Waals surface area contributed by atoms with E-state index >= 15 is 0 Å². The van der Waals surface area contributed by atoms with Gasteiger partial charge in [-0.25, -0.2) is 0 Å². The molecule has 4 rings (SSSR count). The third kappa shape index (κ3) is 3.16. The average molecular weight is 704 g/mol. The van der Waals surface area contributed by atoms with Crippen LogP contribution in [0.5, 0.6) is 0 Å². The number of hydrogen-bond donors (Lipinski definition) is 0. The van der Waals surface area contributed by atoms with Crippen LogP contribution in [-0.2, 0) is 33.4 Å². The summed E-state index contributed by atoms with van der Waals surface area (Å²) in [4.78, 5) is 0. The summed E-state index contributed by atoms with van der Waals surface area (Å²) in [5, 5.41) is 0.